The molecule has 9 nitrogen and oxygen atoms in total. The van der Waals surface area contributed by atoms with E-state index in [1.165, 1.54) is 18.2 Å². The lowest BCUT2D eigenvalue weighted by atomic mass is 10.1. The molecule has 162 valence electrons. The van der Waals surface area contributed by atoms with Crippen LogP contribution in [0.1, 0.15) is 33.2 Å². The molecule has 1 aromatic heterocycles. The van der Waals surface area contributed by atoms with Gasteiger partial charge in [0, 0.05) is 5.56 Å². The Labute approximate surface area is 187 Å². The Morgan fingerprint density at radius 3 is 2.48 bits per heavy atom. The summed E-state index contributed by atoms with van der Waals surface area (Å²) in [5, 5.41) is 9.92. The van der Waals surface area contributed by atoms with Crippen LogP contribution >= 0.6 is 22.9 Å². The van der Waals surface area contributed by atoms with Crippen molar-refractivity contribution in [2.24, 2.45) is 0 Å². The summed E-state index contributed by atoms with van der Waals surface area (Å²) in [4.78, 5) is 24.1. The van der Waals surface area contributed by atoms with Gasteiger partial charge in [-0.25, -0.2) is 4.79 Å². The van der Waals surface area contributed by atoms with Gasteiger partial charge in [0.05, 0.1) is 22.9 Å². The van der Waals surface area contributed by atoms with E-state index in [4.69, 9.17) is 16.3 Å². The molecule has 3 rings (SSSR count). The highest BCUT2D eigenvalue weighted by Crippen LogP contribution is 2.26. The maximum atomic E-state index is 12.6. The van der Waals surface area contributed by atoms with Gasteiger partial charge in [0.2, 0.25) is 5.13 Å². The first-order chi connectivity index (χ1) is 14.7. The van der Waals surface area contributed by atoms with Crippen LogP contribution in [0, 0.1) is 6.92 Å². The fourth-order valence-electron chi connectivity index (χ4n) is 2.39. The van der Waals surface area contributed by atoms with E-state index < -0.39 is 21.9 Å². The van der Waals surface area contributed by atoms with Gasteiger partial charge in [0.15, 0.2) is 0 Å². The minimum absolute atomic E-state index is 0.0293. The molecule has 0 spiro atoms. The number of rotatable bonds is 7. The second kappa shape index (κ2) is 9.41. The molecule has 0 bridgehead atoms. The summed E-state index contributed by atoms with van der Waals surface area (Å²) < 4.78 is 32.0. The summed E-state index contributed by atoms with van der Waals surface area (Å²) in [6.07, 6.45) is 0. The first-order valence-corrected chi connectivity index (χ1v) is 11.6. The molecule has 31 heavy (non-hydrogen) atoms. The van der Waals surface area contributed by atoms with E-state index in [-0.39, 0.29) is 32.4 Å². The number of carbonyl (C=O) groups is 2. The summed E-state index contributed by atoms with van der Waals surface area (Å²) >= 11 is 6.75. The molecule has 1 heterocycles. The summed E-state index contributed by atoms with van der Waals surface area (Å²) in [5.41, 5.74) is 1.64. The Kier molecular flexibility index (Phi) is 6.88. The van der Waals surface area contributed by atoms with E-state index in [1.54, 1.807) is 31.2 Å². The molecule has 0 fully saturated rings. The minimum atomic E-state index is -4.09. The molecule has 0 unspecified atom stereocenters. The zero-order chi connectivity index (χ0) is 22.6. The lowest BCUT2D eigenvalue weighted by Crippen LogP contribution is -2.13. The van der Waals surface area contributed by atoms with E-state index >= 15 is 0 Å². The van der Waals surface area contributed by atoms with Crippen molar-refractivity contribution in [3.63, 3.8) is 0 Å². The van der Waals surface area contributed by atoms with Gasteiger partial charge in [-0.2, -0.15) is 8.42 Å². The van der Waals surface area contributed by atoms with Crippen molar-refractivity contribution in [1.82, 2.24) is 10.2 Å². The van der Waals surface area contributed by atoms with E-state index in [0.29, 0.717) is 16.9 Å². The van der Waals surface area contributed by atoms with Gasteiger partial charge in [0.1, 0.15) is 0 Å². The number of amides is 1. The Balaban J connectivity index is 1.72. The van der Waals surface area contributed by atoms with Crippen LogP contribution in [0.5, 0.6) is 0 Å². The van der Waals surface area contributed by atoms with E-state index in [9.17, 15) is 18.0 Å². The number of aromatic nitrogens is 2. The predicted molar refractivity (Wildman–Crippen MR) is 117 cm³/mol. The van der Waals surface area contributed by atoms with Crippen molar-refractivity contribution < 1.29 is 22.7 Å². The molecule has 0 saturated heterocycles. The van der Waals surface area contributed by atoms with Gasteiger partial charge in [-0.15, -0.1) is 10.2 Å². The van der Waals surface area contributed by atoms with Crippen molar-refractivity contribution >= 4 is 55.7 Å². The van der Waals surface area contributed by atoms with Crippen LogP contribution < -0.4 is 10.0 Å². The van der Waals surface area contributed by atoms with E-state index in [1.807, 2.05) is 6.92 Å². The molecule has 0 aliphatic heterocycles. The van der Waals surface area contributed by atoms with Crippen LogP contribution in [-0.4, -0.2) is 37.1 Å². The number of nitrogens with one attached hydrogen (secondary N) is 2. The van der Waals surface area contributed by atoms with E-state index in [0.717, 1.165) is 5.56 Å². The second-order valence-electron chi connectivity index (χ2n) is 6.21. The monoisotopic (exact) mass is 480 g/mol. The third-order valence-corrected chi connectivity index (χ3v) is 6.79. The highest BCUT2D eigenvalue weighted by atomic mass is 35.5. The van der Waals surface area contributed by atoms with Crippen LogP contribution in [0.15, 0.2) is 46.8 Å². The molecule has 2 N–H and O–H groups in total. The Morgan fingerprint density at radius 1 is 1.13 bits per heavy atom. The van der Waals surface area contributed by atoms with Gasteiger partial charge < -0.3 is 4.74 Å². The molecule has 2 aromatic carbocycles. The number of hydrogen-bond acceptors (Lipinski definition) is 8. The molecule has 3 aromatic rings. The number of benzene rings is 2. The van der Waals surface area contributed by atoms with Crippen molar-refractivity contribution in [3.05, 3.63) is 64.2 Å². The second-order valence-corrected chi connectivity index (χ2v) is 9.45. The average molecular weight is 481 g/mol. The van der Waals surface area contributed by atoms with Crippen LogP contribution in [-0.2, 0) is 14.8 Å². The lowest BCUT2D eigenvalue weighted by Gasteiger charge is -2.08. The first kappa shape index (κ1) is 22.7. The van der Waals surface area contributed by atoms with Gasteiger partial charge in [0.25, 0.3) is 20.3 Å². The SMILES string of the molecule is CCOC(=O)c1ccc(NS(=O)(=O)c2nnc(NC(=O)c3ccc(C)cc3)s2)cc1Cl. The molecular formula is C19H17ClN4O5S2. The fourth-order valence-corrected chi connectivity index (χ4v) is 4.60. The third kappa shape index (κ3) is 5.57. The largest absolute Gasteiger partial charge is 0.462 e. The zero-order valence-corrected chi connectivity index (χ0v) is 18.8. The third-order valence-electron chi connectivity index (χ3n) is 3.89. The number of ether oxygens (including phenoxy) is 1. The molecule has 12 heteroatoms. The summed E-state index contributed by atoms with van der Waals surface area (Å²) in [7, 11) is -4.09. The standard InChI is InChI=1S/C19H17ClN4O5S2/c1-3-29-17(26)14-9-8-13(10-15(14)20)24-31(27,28)19-23-22-18(30-19)21-16(25)12-6-4-11(2)5-7-12/h4-10,24H,3H2,1-2H3,(H,21,22,25). The van der Waals surface area contributed by atoms with Crippen LogP contribution in [0.4, 0.5) is 10.8 Å². The number of halogens is 1. The maximum absolute atomic E-state index is 12.6. The Hall–Kier alpha value is -3.02. The molecule has 0 saturated carbocycles. The van der Waals surface area contributed by atoms with Crippen LogP contribution in [0.2, 0.25) is 5.02 Å². The first-order valence-electron chi connectivity index (χ1n) is 8.90. The predicted octanol–water partition coefficient (Wildman–Crippen LogP) is 3.73. The smallest absolute Gasteiger partial charge is 0.339 e. The number of nitrogens with zero attached hydrogens (tertiary/aromatic N) is 2. The normalized spacial score (nSPS) is 11.1. The number of sulfonamides is 1. The zero-order valence-electron chi connectivity index (χ0n) is 16.4. The quantitative estimate of drug-likeness (QED) is 0.389. The number of aryl methyl sites for hydroxylation is 1. The van der Waals surface area contributed by atoms with Crippen molar-refractivity contribution in [2.75, 3.05) is 16.6 Å². The topological polar surface area (TPSA) is 127 Å². The Bertz CT molecular complexity index is 1230. The van der Waals surface area contributed by atoms with Crippen molar-refractivity contribution in [2.45, 2.75) is 18.2 Å². The highest BCUT2D eigenvalue weighted by Gasteiger charge is 2.22. The van der Waals surface area contributed by atoms with E-state index in [2.05, 4.69) is 20.2 Å². The number of esters is 1. The minimum Gasteiger partial charge on any atom is -0.462 e. The summed E-state index contributed by atoms with van der Waals surface area (Å²) in [6, 6.07) is 10.9. The van der Waals surface area contributed by atoms with Crippen LogP contribution in [0.25, 0.3) is 0 Å². The van der Waals surface area contributed by atoms with Crippen LogP contribution in [0.3, 0.4) is 0 Å². The fraction of sp³-hybridized carbons (Fsp3) is 0.158. The summed E-state index contributed by atoms with van der Waals surface area (Å²) in [5.74, 6) is -1.05. The molecule has 0 atom stereocenters. The number of hydrogen-bond donors (Lipinski definition) is 2. The molecule has 1 amide bonds. The summed E-state index contributed by atoms with van der Waals surface area (Å²) in [6.45, 7) is 3.74. The van der Waals surface area contributed by atoms with Gasteiger partial charge in [-0.05, 0) is 44.2 Å². The average Bonchev–Trinajstić information content (AvgIpc) is 3.18. The molecule has 0 aliphatic carbocycles. The van der Waals surface area contributed by atoms with Gasteiger partial charge in [-0.3, -0.25) is 14.8 Å². The highest BCUT2D eigenvalue weighted by molar-refractivity contribution is 7.94. The Morgan fingerprint density at radius 2 is 1.84 bits per heavy atom. The van der Waals surface area contributed by atoms with Gasteiger partial charge in [-0.1, -0.05) is 40.6 Å². The van der Waals surface area contributed by atoms with Crippen molar-refractivity contribution in [3.8, 4) is 0 Å². The molecule has 0 aliphatic rings. The molecular weight excluding hydrogens is 464 g/mol. The van der Waals surface area contributed by atoms with Crippen molar-refractivity contribution in [1.29, 1.82) is 0 Å². The number of carbonyl (C=O) groups excluding carboxylic acids is 2. The maximum Gasteiger partial charge on any atom is 0.339 e. The molecule has 0 radical (unpaired) electrons. The lowest BCUT2D eigenvalue weighted by molar-refractivity contribution is 0.0526. The van der Waals surface area contributed by atoms with Gasteiger partial charge >= 0.3 is 5.97 Å². The number of anilines is 2.